The number of likely N-dealkylation sites (tertiary alicyclic amines) is 1. The van der Waals surface area contributed by atoms with Gasteiger partial charge in [0.1, 0.15) is 12.4 Å². The molecule has 1 fully saturated rings. The average Bonchev–Trinajstić information content (AvgIpc) is 2.94. The molecule has 1 aliphatic rings. The minimum atomic E-state index is -0.643. The molecular formula is C22H32N4O3. The van der Waals surface area contributed by atoms with E-state index in [1.807, 2.05) is 42.7 Å². The topological polar surface area (TPSA) is 87.5 Å². The molecule has 3 rings (SSSR count). The molecule has 2 heterocycles. The Hall–Kier alpha value is -2.41. The summed E-state index contributed by atoms with van der Waals surface area (Å²) in [6.07, 6.45) is 0.361. The van der Waals surface area contributed by atoms with Crippen LogP contribution in [0.15, 0.2) is 24.3 Å². The van der Waals surface area contributed by atoms with E-state index in [4.69, 9.17) is 4.98 Å². The fourth-order valence-electron chi connectivity index (χ4n) is 3.79. The fourth-order valence-corrected chi connectivity index (χ4v) is 3.79. The van der Waals surface area contributed by atoms with E-state index < -0.39 is 6.10 Å². The highest BCUT2D eigenvalue weighted by Crippen LogP contribution is 2.22. The van der Waals surface area contributed by atoms with Gasteiger partial charge in [-0.05, 0) is 25.0 Å². The molecule has 0 unspecified atom stereocenters. The molecule has 0 bridgehead atoms. The molecule has 0 saturated carbocycles. The van der Waals surface area contributed by atoms with Gasteiger partial charge in [0.2, 0.25) is 11.8 Å². The summed E-state index contributed by atoms with van der Waals surface area (Å²) in [6, 6.07) is 7.55. The number of para-hydroxylation sites is 2. The van der Waals surface area contributed by atoms with Crippen molar-refractivity contribution in [2.24, 2.45) is 5.92 Å². The number of carbonyl (C=O) groups excluding carboxylic acids is 2. The van der Waals surface area contributed by atoms with E-state index in [0.29, 0.717) is 25.9 Å². The van der Waals surface area contributed by atoms with Crippen molar-refractivity contribution in [1.29, 1.82) is 0 Å². The van der Waals surface area contributed by atoms with Crippen LogP contribution < -0.4 is 5.32 Å². The van der Waals surface area contributed by atoms with Crippen molar-refractivity contribution in [1.82, 2.24) is 19.8 Å². The van der Waals surface area contributed by atoms with Crippen molar-refractivity contribution in [3.8, 4) is 0 Å². The smallest absolute Gasteiger partial charge is 0.242 e. The zero-order chi connectivity index (χ0) is 21.1. The molecular weight excluding hydrogens is 368 g/mol. The van der Waals surface area contributed by atoms with Gasteiger partial charge in [0, 0.05) is 24.9 Å². The molecule has 29 heavy (non-hydrogen) atoms. The van der Waals surface area contributed by atoms with Gasteiger partial charge >= 0.3 is 0 Å². The Kier molecular flexibility index (Phi) is 6.57. The normalized spacial score (nSPS) is 20.3. The summed E-state index contributed by atoms with van der Waals surface area (Å²) >= 11 is 0. The Morgan fingerprint density at radius 3 is 2.55 bits per heavy atom. The number of imidazole rings is 1. The molecule has 7 nitrogen and oxygen atoms in total. The second-order valence-corrected chi connectivity index (χ2v) is 8.49. The van der Waals surface area contributed by atoms with Gasteiger partial charge in [-0.1, -0.05) is 39.8 Å². The Morgan fingerprint density at radius 2 is 1.86 bits per heavy atom. The fraction of sp³-hybridized carbons (Fsp3) is 0.591. The molecule has 0 aliphatic carbocycles. The molecule has 0 radical (unpaired) electrons. The number of rotatable bonds is 5. The van der Waals surface area contributed by atoms with Crippen molar-refractivity contribution in [2.75, 3.05) is 13.1 Å². The first kappa shape index (κ1) is 21.3. The van der Waals surface area contributed by atoms with Crippen LogP contribution in [0.25, 0.3) is 11.0 Å². The van der Waals surface area contributed by atoms with Crippen molar-refractivity contribution in [3.63, 3.8) is 0 Å². The number of hydrogen-bond donors (Lipinski definition) is 2. The van der Waals surface area contributed by atoms with Crippen LogP contribution in [0.1, 0.15) is 52.3 Å². The lowest BCUT2D eigenvalue weighted by Crippen LogP contribution is -2.44. The molecule has 2 atom stereocenters. The van der Waals surface area contributed by atoms with Crippen LogP contribution >= 0.6 is 0 Å². The van der Waals surface area contributed by atoms with E-state index in [1.54, 1.807) is 4.90 Å². The maximum Gasteiger partial charge on any atom is 0.242 e. The molecule has 2 aromatic rings. The Labute approximate surface area is 172 Å². The van der Waals surface area contributed by atoms with Crippen LogP contribution in [-0.4, -0.2) is 56.6 Å². The number of nitrogens with zero attached hydrogens (tertiary/aromatic N) is 3. The Balaban J connectivity index is 1.73. The van der Waals surface area contributed by atoms with Crippen molar-refractivity contribution in [2.45, 2.75) is 65.1 Å². The highest BCUT2D eigenvalue weighted by Gasteiger charge is 2.29. The summed E-state index contributed by atoms with van der Waals surface area (Å²) in [4.78, 5) is 31.6. The summed E-state index contributed by atoms with van der Waals surface area (Å²) in [6.45, 7) is 9.04. The van der Waals surface area contributed by atoms with Gasteiger partial charge in [-0.15, -0.1) is 0 Å². The number of hydrogen-bond acceptors (Lipinski definition) is 4. The number of aromatic nitrogens is 2. The maximum absolute atomic E-state index is 13.1. The average molecular weight is 401 g/mol. The van der Waals surface area contributed by atoms with Crippen molar-refractivity contribution in [3.05, 3.63) is 30.1 Å². The number of nitrogens with one attached hydrogen (secondary N) is 1. The number of carbonyl (C=O) groups is 2. The summed E-state index contributed by atoms with van der Waals surface area (Å²) in [5.41, 5.74) is 1.85. The first-order chi connectivity index (χ1) is 13.8. The molecule has 2 N–H and O–H groups in total. The minimum absolute atomic E-state index is 0.0121. The summed E-state index contributed by atoms with van der Waals surface area (Å²) < 4.78 is 2.00. The number of aliphatic hydroxyl groups is 1. The summed E-state index contributed by atoms with van der Waals surface area (Å²) in [5, 5.41) is 13.3. The van der Waals surface area contributed by atoms with Crippen LogP contribution in [-0.2, 0) is 16.1 Å². The van der Waals surface area contributed by atoms with E-state index in [9.17, 15) is 14.7 Å². The van der Waals surface area contributed by atoms with E-state index in [0.717, 1.165) is 16.9 Å². The number of benzene rings is 1. The lowest BCUT2D eigenvalue weighted by molar-refractivity contribution is -0.131. The van der Waals surface area contributed by atoms with Crippen molar-refractivity contribution < 1.29 is 14.7 Å². The highest BCUT2D eigenvalue weighted by molar-refractivity contribution is 5.81. The largest absolute Gasteiger partial charge is 0.391 e. The van der Waals surface area contributed by atoms with E-state index in [1.165, 1.54) is 0 Å². The third kappa shape index (κ3) is 4.78. The quantitative estimate of drug-likeness (QED) is 0.806. The Bertz CT molecular complexity index is 874. The molecule has 1 saturated heterocycles. The molecule has 1 aliphatic heterocycles. The number of fused-ring (bicyclic) bond motifs is 1. The van der Waals surface area contributed by atoms with Crippen LogP contribution in [0.5, 0.6) is 0 Å². The van der Waals surface area contributed by atoms with Gasteiger partial charge in [-0.25, -0.2) is 4.98 Å². The van der Waals surface area contributed by atoms with Gasteiger partial charge in [0.05, 0.1) is 23.2 Å². The SMILES string of the molecule is CC(C)C(=O)N[C@H]1CCN(C(=O)Cn2c(C(C)C)nc3ccccc32)CC[C@@H]1O. The predicted octanol–water partition coefficient (Wildman–Crippen LogP) is 2.28. The standard InChI is InChI=1S/C22H32N4O3/c1-14(2)21-23-16-7-5-6-8-18(16)26(21)13-20(28)25-11-9-17(19(27)10-12-25)24-22(29)15(3)4/h5-8,14-15,17,19,27H,9-13H2,1-4H3,(H,24,29)/t17-,19-/m0/s1. The second-order valence-electron chi connectivity index (χ2n) is 8.49. The van der Waals surface area contributed by atoms with Crippen LogP contribution in [0.4, 0.5) is 0 Å². The number of aliphatic hydroxyl groups excluding tert-OH is 1. The molecule has 7 heteroatoms. The van der Waals surface area contributed by atoms with Gasteiger partial charge in [-0.2, -0.15) is 0 Å². The van der Waals surface area contributed by atoms with Crippen molar-refractivity contribution >= 4 is 22.8 Å². The molecule has 0 spiro atoms. The minimum Gasteiger partial charge on any atom is -0.391 e. The van der Waals surface area contributed by atoms with Gasteiger partial charge in [-0.3, -0.25) is 9.59 Å². The first-order valence-corrected chi connectivity index (χ1v) is 10.5. The molecule has 1 aromatic carbocycles. The molecule has 2 amide bonds. The summed E-state index contributed by atoms with van der Waals surface area (Å²) in [7, 11) is 0. The third-order valence-electron chi connectivity index (χ3n) is 5.57. The third-order valence-corrected chi connectivity index (χ3v) is 5.57. The molecule has 1 aromatic heterocycles. The zero-order valence-corrected chi connectivity index (χ0v) is 17.8. The van der Waals surface area contributed by atoms with Crippen LogP contribution in [0, 0.1) is 5.92 Å². The second kappa shape index (κ2) is 8.95. The Morgan fingerprint density at radius 1 is 1.17 bits per heavy atom. The monoisotopic (exact) mass is 400 g/mol. The van der Waals surface area contributed by atoms with E-state index in [-0.39, 0.29) is 36.2 Å². The lowest BCUT2D eigenvalue weighted by Gasteiger charge is -2.23. The van der Waals surface area contributed by atoms with Crippen LogP contribution in [0.2, 0.25) is 0 Å². The molecule has 158 valence electrons. The van der Waals surface area contributed by atoms with E-state index >= 15 is 0 Å². The lowest BCUT2D eigenvalue weighted by atomic mass is 10.1. The predicted molar refractivity (Wildman–Crippen MR) is 112 cm³/mol. The summed E-state index contributed by atoms with van der Waals surface area (Å²) in [5.74, 6) is 0.916. The first-order valence-electron chi connectivity index (χ1n) is 10.5. The number of amides is 2. The van der Waals surface area contributed by atoms with E-state index in [2.05, 4.69) is 19.2 Å². The highest BCUT2D eigenvalue weighted by atomic mass is 16.3. The zero-order valence-electron chi connectivity index (χ0n) is 17.8. The van der Waals surface area contributed by atoms with Gasteiger partial charge in [0.15, 0.2) is 0 Å². The van der Waals surface area contributed by atoms with Gasteiger partial charge < -0.3 is 19.9 Å². The maximum atomic E-state index is 13.1. The van der Waals surface area contributed by atoms with Gasteiger partial charge in [0.25, 0.3) is 0 Å². The van der Waals surface area contributed by atoms with Crippen LogP contribution in [0.3, 0.4) is 0 Å².